The molecule has 0 atom stereocenters. The Hall–Kier alpha value is -2.18. The predicted molar refractivity (Wildman–Crippen MR) is 89.5 cm³/mol. The topological polar surface area (TPSA) is 42.8 Å². The summed E-state index contributed by atoms with van der Waals surface area (Å²) in [4.78, 5) is 0. The normalized spacial score (nSPS) is 10.7. The SMILES string of the molecule is COc1ccc(Cc2n[nH]c(=S)n2-c2ccc(F)c(Cl)c2)cc1. The van der Waals surface area contributed by atoms with Crippen LogP contribution in [-0.4, -0.2) is 21.9 Å². The number of halogens is 2. The number of benzene rings is 2. The van der Waals surface area contributed by atoms with Crippen molar-refractivity contribution in [3.63, 3.8) is 0 Å². The van der Waals surface area contributed by atoms with Gasteiger partial charge in [0.15, 0.2) is 4.77 Å². The van der Waals surface area contributed by atoms with Crippen molar-refractivity contribution in [1.82, 2.24) is 14.8 Å². The van der Waals surface area contributed by atoms with Crippen LogP contribution < -0.4 is 4.74 Å². The number of nitrogens with one attached hydrogen (secondary N) is 1. The molecule has 118 valence electrons. The molecule has 1 heterocycles. The highest BCUT2D eigenvalue weighted by Gasteiger charge is 2.11. The number of rotatable bonds is 4. The molecule has 0 saturated heterocycles. The number of hydrogen-bond donors (Lipinski definition) is 1. The van der Waals surface area contributed by atoms with Gasteiger partial charge in [0.2, 0.25) is 0 Å². The lowest BCUT2D eigenvalue weighted by Crippen LogP contribution is -2.03. The van der Waals surface area contributed by atoms with E-state index in [1.54, 1.807) is 17.7 Å². The minimum Gasteiger partial charge on any atom is -0.497 e. The minimum absolute atomic E-state index is 0.0426. The molecule has 1 aromatic heterocycles. The Labute approximate surface area is 142 Å². The van der Waals surface area contributed by atoms with Crippen LogP contribution >= 0.6 is 23.8 Å². The third-order valence-electron chi connectivity index (χ3n) is 3.42. The van der Waals surface area contributed by atoms with E-state index in [9.17, 15) is 4.39 Å². The molecular formula is C16H13ClFN3OS. The molecule has 0 aliphatic heterocycles. The highest BCUT2D eigenvalue weighted by molar-refractivity contribution is 7.71. The summed E-state index contributed by atoms with van der Waals surface area (Å²) in [5.74, 6) is 1.03. The van der Waals surface area contributed by atoms with Gasteiger partial charge >= 0.3 is 0 Å². The lowest BCUT2D eigenvalue weighted by Gasteiger charge is -2.08. The van der Waals surface area contributed by atoms with Gasteiger partial charge in [-0.3, -0.25) is 9.67 Å². The summed E-state index contributed by atoms with van der Waals surface area (Å²) < 4.78 is 20.7. The van der Waals surface area contributed by atoms with Gasteiger partial charge in [-0.2, -0.15) is 5.10 Å². The maximum atomic E-state index is 13.4. The van der Waals surface area contributed by atoms with Crippen molar-refractivity contribution in [1.29, 1.82) is 0 Å². The maximum absolute atomic E-state index is 13.4. The number of aromatic nitrogens is 3. The lowest BCUT2D eigenvalue weighted by atomic mass is 10.1. The second kappa shape index (κ2) is 6.52. The number of nitrogens with zero attached hydrogens (tertiary/aromatic N) is 2. The van der Waals surface area contributed by atoms with Crippen molar-refractivity contribution in [2.24, 2.45) is 0 Å². The highest BCUT2D eigenvalue weighted by atomic mass is 35.5. The van der Waals surface area contributed by atoms with E-state index < -0.39 is 5.82 Å². The summed E-state index contributed by atoms with van der Waals surface area (Å²) >= 11 is 11.1. The fourth-order valence-electron chi connectivity index (χ4n) is 2.26. The van der Waals surface area contributed by atoms with Gasteiger partial charge in [-0.05, 0) is 48.1 Å². The molecule has 0 amide bonds. The molecule has 0 fully saturated rings. The number of H-pyrrole nitrogens is 1. The summed E-state index contributed by atoms with van der Waals surface area (Å²) in [6.45, 7) is 0. The molecule has 3 rings (SSSR count). The Bertz CT molecular complexity index is 889. The molecule has 0 bridgehead atoms. The molecule has 0 aliphatic rings. The lowest BCUT2D eigenvalue weighted by molar-refractivity contribution is 0.414. The van der Waals surface area contributed by atoms with Crippen LogP contribution in [0.1, 0.15) is 11.4 Å². The Kier molecular flexibility index (Phi) is 4.45. The number of hydrogen-bond acceptors (Lipinski definition) is 3. The first-order valence-electron chi connectivity index (χ1n) is 6.83. The third kappa shape index (κ3) is 3.28. The van der Waals surface area contributed by atoms with Crippen molar-refractivity contribution < 1.29 is 9.13 Å². The molecule has 4 nitrogen and oxygen atoms in total. The molecule has 0 radical (unpaired) electrons. The maximum Gasteiger partial charge on any atom is 0.199 e. The Morgan fingerprint density at radius 3 is 2.65 bits per heavy atom. The van der Waals surface area contributed by atoms with Gasteiger partial charge in [0.1, 0.15) is 17.4 Å². The van der Waals surface area contributed by atoms with Crippen LogP contribution in [0, 0.1) is 10.6 Å². The van der Waals surface area contributed by atoms with E-state index in [4.69, 9.17) is 28.6 Å². The summed E-state index contributed by atoms with van der Waals surface area (Å²) in [6, 6.07) is 12.1. The van der Waals surface area contributed by atoms with Gasteiger partial charge in [-0.1, -0.05) is 23.7 Å². The summed E-state index contributed by atoms with van der Waals surface area (Å²) in [6.07, 6.45) is 0.562. The second-order valence-electron chi connectivity index (χ2n) is 4.90. The van der Waals surface area contributed by atoms with Crippen LogP contribution in [0.3, 0.4) is 0 Å². The fourth-order valence-corrected chi connectivity index (χ4v) is 2.70. The summed E-state index contributed by atoms with van der Waals surface area (Å²) in [5.41, 5.74) is 1.72. The average molecular weight is 350 g/mol. The van der Waals surface area contributed by atoms with E-state index >= 15 is 0 Å². The fraction of sp³-hybridized carbons (Fsp3) is 0.125. The first-order chi connectivity index (χ1) is 11.1. The molecule has 23 heavy (non-hydrogen) atoms. The molecule has 0 aliphatic carbocycles. The highest BCUT2D eigenvalue weighted by Crippen LogP contribution is 2.21. The van der Waals surface area contributed by atoms with E-state index in [2.05, 4.69) is 10.2 Å². The van der Waals surface area contributed by atoms with Crippen molar-refractivity contribution in [2.75, 3.05) is 7.11 Å². The number of aromatic amines is 1. The summed E-state index contributed by atoms with van der Waals surface area (Å²) in [7, 11) is 1.62. The second-order valence-corrected chi connectivity index (χ2v) is 5.70. The van der Waals surface area contributed by atoms with Gasteiger partial charge in [0.25, 0.3) is 0 Å². The Balaban J connectivity index is 1.97. The van der Waals surface area contributed by atoms with Crippen molar-refractivity contribution >= 4 is 23.8 Å². The zero-order valence-electron chi connectivity index (χ0n) is 12.2. The first kappa shape index (κ1) is 15.7. The average Bonchev–Trinajstić information content (AvgIpc) is 2.91. The minimum atomic E-state index is -0.470. The van der Waals surface area contributed by atoms with E-state index in [0.29, 0.717) is 22.7 Å². The molecular weight excluding hydrogens is 337 g/mol. The van der Waals surface area contributed by atoms with Crippen LogP contribution in [0.25, 0.3) is 5.69 Å². The molecule has 0 saturated carbocycles. The van der Waals surface area contributed by atoms with E-state index in [1.807, 2.05) is 24.3 Å². The van der Waals surface area contributed by atoms with E-state index in [-0.39, 0.29) is 5.02 Å². The zero-order chi connectivity index (χ0) is 16.4. The van der Waals surface area contributed by atoms with Crippen molar-refractivity contribution in [3.05, 3.63) is 69.5 Å². The van der Waals surface area contributed by atoms with Crippen LogP contribution in [0.4, 0.5) is 4.39 Å². The van der Waals surface area contributed by atoms with E-state index in [0.717, 1.165) is 11.3 Å². The van der Waals surface area contributed by atoms with E-state index in [1.165, 1.54) is 12.1 Å². The molecule has 1 N–H and O–H groups in total. The van der Waals surface area contributed by atoms with Crippen LogP contribution in [-0.2, 0) is 6.42 Å². The van der Waals surface area contributed by atoms with Gasteiger partial charge in [0.05, 0.1) is 17.8 Å². The van der Waals surface area contributed by atoms with Crippen LogP contribution in [0.5, 0.6) is 5.75 Å². The predicted octanol–water partition coefficient (Wildman–Crippen LogP) is 4.32. The molecule has 2 aromatic carbocycles. The van der Waals surface area contributed by atoms with Gasteiger partial charge in [-0.15, -0.1) is 0 Å². The van der Waals surface area contributed by atoms with Gasteiger partial charge in [-0.25, -0.2) is 4.39 Å². The zero-order valence-corrected chi connectivity index (χ0v) is 13.8. The monoisotopic (exact) mass is 349 g/mol. The van der Waals surface area contributed by atoms with Crippen LogP contribution in [0.15, 0.2) is 42.5 Å². The van der Waals surface area contributed by atoms with Crippen molar-refractivity contribution in [3.8, 4) is 11.4 Å². The molecule has 7 heteroatoms. The third-order valence-corrected chi connectivity index (χ3v) is 3.99. The summed E-state index contributed by atoms with van der Waals surface area (Å²) in [5, 5.41) is 7.07. The van der Waals surface area contributed by atoms with Gasteiger partial charge < -0.3 is 4.74 Å². The molecule has 3 aromatic rings. The van der Waals surface area contributed by atoms with Gasteiger partial charge in [0, 0.05) is 6.42 Å². The largest absolute Gasteiger partial charge is 0.497 e. The van der Waals surface area contributed by atoms with Crippen molar-refractivity contribution in [2.45, 2.75) is 6.42 Å². The Morgan fingerprint density at radius 2 is 2.00 bits per heavy atom. The number of ether oxygens (including phenoxy) is 1. The number of methoxy groups -OCH3 is 1. The first-order valence-corrected chi connectivity index (χ1v) is 7.62. The standard InChI is InChI=1S/C16H13ClFN3OS/c1-22-12-5-2-10(3-6-12)8-15-19-20-16(23)21(15)11-4-7-14(18)13(17)9-11/h2-7,9H,8H2,1H3,(H,20,23). The Morgan fingerprint density at radius 1 is 1.26 bits per heavy atom. The quantitative estimate of drug-likeness (QED) is 0.713. The molecule has 0 unspecified atom stereocenters. The van der Waals surface area contributed by atoms with Crippen LogP contribution in [0.2, 0.25) is 5.02 Å². The smallest absolute Gasteiger partial charge is 0.199 e. The molecule has 0 spiro atoms.